The molecule has 49 heavy (non-hydrogen) atoms. The molecule has 2 atom stereocenters. The normalized spacial score (nSPS) is 13.0. The Morgan fingerprint density at radius 1 is 0.531 bits per heavy atom. The Labute approximate surface area is 305 Å². The fourth-order valence-corrected chi connectivity index (χ4v) is 7.36. The molecule has 0 aromatic carbocycles. The first-order valence-electron chi connectivity index (χ1n) is 21.6. The van der Waals surface area contributed by atoms with Crippen LogP contribution in [0.15, 0.2) is 0 Å². The lowest BCUT2D eigenvalue weighted by atomic mass is 9.78. The minimum Gasteiger partial charge on any atom is -0.481 e. The van der Waals surface area contributed by atoms with E-state index in [1.54, 1.807) is 0 Å². The van der Waals surface area contributed by atoms with E-state index >= 15 is 0 Å². The molecule has 0 aliphatic carbocycles. The number of aliphatic carboxylic acids is 1. The van der Waals surface area contributed by atoms with E-state index in [1.807, 2.05) is 0 Å². The number of unbranched alkanes of at least 4 members (excludes halogenated alkanes) is 20. The summed E-state index contributed by atoms with van der Waals surface area (Å²) in [4.78, 5) is 25.8. The van der Waals surface area contributed by atoms with Crippen LogP contribution < -0.4 is 0 Å². The summed E-state index contributed by atoms with van der Waals surface area (Å²) in [5.74, 6) is 0.233. The van der Waals surface area contributed by atoms with Crippen LogP contribution in [-0.2, 0) is 14.3 Å². The summed E-state index contributed by atoms with van der Waals surface area (Å²) in [6.07, 6.45) is 34.8. The van der Waals surface area contributed by atoms with E-state index in [0.717, 1.165) is 70.8 Å². The second-order valence-corrected chi connectivity index (χ2v) is 15.4. The molecule has 0 radical (unpaired) electrons. The summed E-state index contributed by atoms with van der Waals surface area (Å²) in [6, 6.07) is 0. The van der Waals surface area contributed by atoms with E-state index in [0.29, 0.717) is 31.4 Å². The van der Waals surface area contributed by atoms with Crippen molar-refractivity contribution in [3.05, 3.63) is 0 Å². The van der Waals surface area contributed by atoms with Gasteiger partial charge in [0, 0.05) is 19.4 Å². The summed E-state index contributed by atoms with van der Waals surface area (Å²) in [5, 5.41) is 20.5. The first-order valence-corrected chi connectivity index (χ1v) is 21.6. The van der Waals surface area contributed by atoms with Gasteiger partial charge in [0.25, 0.3) is 0 Å². The third-order valence-corrected chi connectivity index (χ3v) is 10.6. The maximum absolute atomic E-state index is 12.0. The van der Waals surface area contributed by atoms with E-state index < -0.39 is 5.97 Å². The molecule has 0 rings (SSSR count). The Kier molecular flexibility index (Phi) is 35.8. The number of nitrogens with zero attached hydrogens (tertiary/aromatic N) is 1. The number of hydrogen-bond donors (Lipinski definition) is 2. The number of carboxylic acid groups (broad SMARTS) is 1. The lowest BCUT2D eigenvalue weighted by molar-refractivity contribution is -0.144. The lowest BCUT2D eigenvalue weighted by Gasteiger charge is -2.29. The molecule has 0 aliphatic heterocycles. The molecule has 6 nitrogen and oxygen atoms in total. The number of aliphatic hydroxyl groups is 1. The van der Waals surface area contributed by atoms with Crippen LogP contribution in [-0.4, -0.2) is 59.9 Å². The molecule has 6 heteroatoms. The van der Waals surface area contributed by atoms with E-state index in [1.165, 1.54) is 122 Å². The second kappa shape index (κ2) is 36.6. The first-order chi connectivity index (χ1) is 23.8. The van der Waals surface area contributed by atoms with Gasteiger partial charge < -0.3 is 19.8 Å². The second-order valence-electron chi connectivity index (χ2n) is 15.4. The average Bonchev–Trinajstić information content (AvgIpc) is 3.07. The van der Waals surface area contributed by atoms with Crippen molar-refractivity contribution in [3.8, 4) is 0 Å². The van der Waals surface area contributed by atoms with E-state index in [-0.39, 0.29) is 18.5 Å². The summed E-state index contributed by atoms with van der Waals surface area (Å²) >= 11 is 0. The van der Waals surface area contributed by atoms with Crippen molar-refractivity contribution >= 4 is 11.9 Å². The maximum Gasteiger partial charge on any atom is 0.305 e. The van der Waals surface area contributed by atoms with Gasteiger partial charge in [-0.05, 0) is 64.0 Å². The predicted octanol–water partition coefficient (Wildman–Crippen LogP) is 12.3. The zero-order chi connectivity index (χ0) is 36.2. The van der Waals surface area contributed by atoms with Crippen molar-refractivity contribution in [1.29, 1.82) is 0 Å². The third kappa shape index (κ3) is 33.7. The molecule has 2 N–H and O–H groups in total. The Morgan fingerprint density at radius 3 is 1.51 bits per heavy atom. The first kappa shape index (κ1) is 47.9. The van der Waals surface area contributed by atoms with Gasteiger partial charge >= 0.3 is 11.9 Å². The predicted molar refractivity (Wildman–Crippen MR) is 209 cm³/mol. The molecular weight excluding hydrogens is 610 g/mol. The maximum atomic E-state index is 12.0. The third-order valence-electron chi connectivity index (χ3n) is 10.6. The van der Waals surface area contributed by atoms with E-state index in [9.17, 15) is 19.8 Å². The van der Waals surface area contributed by atoms with Gasteiger partial charge in [-0.2, -0.15) is 0 Å². The van der Waals surface area contributed by atoms with Crippen molar-refractivity contribution in [3.63, 3.8) is 0 Å². The van der Waals surface area contributed by atoms with Crippen LogP contribution in [0.3, 0.4) is 0 Å². The standard InChI is InChI=1S/C43H85NO5/c1-5-8-11-14-17-23-28-37-49-43(48)31-26-21-18-22-27-36-44(4)38-41(45)34-32-40(33-35-42(46)47)39(29-24-19-15-12-9-6-2)30-25-20-16-13-10-7-3/h39-41,45H,5-38H2,1-4H3,(H,46,47). The lowest BCUT2D eigenvalue weighted by Crippen LogP contribution is -2.30. The summed E-state index contributed by atoms with van der Waals surface area (Å²) in [5.41, 5.74) is 0. The summed E-state index contributed by atoms with van der Waals surface area (Å²) in [7, 11) is 2.10. The van der Waals surface area contributed by atoms with E-state index in [4.69, 9.17) is 4.74 Å². The highest BCUT2D eigenvalue weighted by Gasteiger charge is 2.23. The molecule has 2 unspecified atom stereocenters. The van der Waals surface area contributed by atoms with Gasteiger partial charge in [0.1, 0.15) is 0 Å². The van der Waals surface area contributed by atoms with Gasteiger partial charge in [-0.15, -0.1) is 0 Å². The number of rotatable bonds is 39. The molecule has 0 aromatic rings. The Bertz CT molecular complexity index is 700. The monoisotopic (exact) mass is 696 g/mol. The van der Waals surface area contributed by atoms with Crippen molar-refractivity contribution in [2.45, 2.75) is 226 Å². The van der Waals surface area contributed by atoms with Gasteiger partial charge in [0.05, 0.1) is 12.7 Å². The number of esters is 1. The van der Waals surface area contributed by atoms with Gasteiger partial charge in [0.2, 0.25) is 0 Å². The van der Waals surface area contributed by atoms with Crippen LogP contribution in [0.1, 0.15) is 220 Å². The topological polar surface area (TPSA) is 87.1 Å². The molecule has 0 heterocycles. The van der Waals surface area contributed by atoms with Crippen LogP contribution in [0.5, 0.6) is 0 Å². The Morgan fingerprint density at radius 2 is 0.980 bits per heavy atom. The van der Waals surface area contributed by atoms with Crippen LogP contribution in [0, 0.1) is 11.8 Å². The highest BCUT2D eigenvalue weighted by atomic mass is 16.5. The number of aliphatic hydroxyl groups excluding tert-OH is 1. The van der Waals surface area contributed by atoms with Crippen molar-refractivity contribution in [1.82, 2.24) is 4.90 Å². The minimum absolute atomic E-state index is 0.0407. The molecule has 0 aromatic heterocycles. The number of hydrogen-bond acceptors (Lipinski definition) is 5. The molecule has 292 valence electrons. The number of ether oxygens (including phenoxy) is 1. The highest BCUT2D eigenvalue weighted by Crippen LogP contribution is 2.33. The number of likely N-dealkylation sites (N-methyl/N-ethyl adjacent to an activating group) is 1. The number of carbonyl (C=O) groups excluding carboxylic acids is 1. The van der Waals surface area contributed by atoms with Gasteiger partial charge in [-0.25, -0.2) is 0 Å². The van der Waals surface area contributed by atoms with Crippen LogP contribution >= 0.6 is 0 Å². The molecular formula is C43H85NO5. The quantitative estimate of drug-likeness (QED) is 0.0492. The number of carboxylic acids is 1. The molecule has 0 saturated heterocycles. The molecule has 0 bridgehead atoms. The van der Waals surface area contributed by atoms with Gasteiger partial charge in [-0.3, -0.25) is 9.59 Å². The van der Waals surface area contributed by atoms with Crippen LogP contribution in [0.25, 0.3) is 0 Å². The molecule has 0 spiro atoms. The summed E-state index contributed by atoms with van der Waals surface area (Å²) < 4.78 is 5.41. The van der Waals surface area contributed by atoms with Gasteiger partial charge in [-0.1, -0.05) is 168 Å². The van der Waals surface area contributed by atoms with Crippen LogP contribution in [0.2, 0.25) is 0 Å². The molecule has 0 fully saturated rings. The fraction of sp³-hybridized carbons (Fsp3) is 0.953. The highest BCUT2D eigenvalue weighted by molar-refractivity contribution is 5.69. The SMILES string of the molecule is CCCCCCCCCOC(=O)CCCCCCCN(C)CC(O)CCC(CCC(=O)O)C(CCCCCCCC)CCCCCCCC. The zero-order valence-corrected chi connectivity index (χ0v) is 33.3. The minimum atomic E-state index is -0.693. The fourth-order valence-electron chi connectivity index (χ4n) is 7.36. The summed E-state index contributed by atoms with van der Waals surface area (Å²) in [6.45, 7) is 8.99. The van der Waals surface area contributed by atoms with Gasteiger partial charge in [0.15, 0.2) is 0 Å². The van der Waals surface area contributed by atoms with E-state index in [2.05, 4.69) is 32.7 Å². The Hall–Kier alpha value is -1.14. The van der Waals surface area contributed by atoms with Crippen molar-refractivity contribution in [2.75, 3.05) is 26.7 Å². The molecule has 0 amide bonds. The average molecular weight is 696 g/mol. The van der Waals surface area contributed by atoms with Crippen molar-refractivity contribution < 1.29 is 24.5 Å². The number of carbonyl (C=O) groups is 2. The Balaban J connectivity index is 4.40. The zero-order valence-electron chi connectivity index (χ0n) is 33.3. The van der Waals surface area contributed by atoms with Crippen molar-refractivity contribution in [2.24, 2.45) is 11.8 Å². The molecule has 0 saturated carbocycles. The smallest absolute Gasteiger partial charge is 0.305 e. The molecule has 0 aliphatic rings. The van der Waals surface area contributed by atoms with Crippen LogP contribution in [0.4, 0.5) is 0 Å². The largest absolute Gasteiger partial charge is 0.481 e.